The molecule has 0 aromatic heterocycles. The first-order chi connectivity index (χ1) is 9.83. The normalized spacial score (nSPS) is 12.2. The van der Waals surface area contributed by atoms with E-state index in [1.54, 1.807) is 12.1 Å². The fraction of sp³-hybridized carbons (Fsp3) is 0.500. The van der Waals surface area contributed by atoms with Crippen LogP contribution in [0.2, 0.25) is 0 Å². The van der Waals surface area contributed by atoms with Crippen LogP contribution in [0.15, 0.2) is 22.7 Å². The van der Waals surface area contributed by atoms with Gasteiger partial charge in [-0.2, -0.15) is 0 Å². The van der Waals surface area contributed by atoms with E-state index in [2.05, 4.69) is 35.1 Å². The molecule has 116 valence electrons. The number of nitro benzene ring substituents is 1. The first kappa shape index (κ1) is 17.6. The van der Waals surface area contributed by atoms with E-state index in [1.165, 1.54) is 6.07 Å². The predicted molar refractivity (Wildman–Crippen MR) is 86.0 cm³/mol. The summed E-state index contributed by atoms with van der Waals surface area (Å²) in [6.07, 6.45) is 1.20. The van der Waals surface area contributed by atoms with E-state index in [0.717, 1.165) is 6.42 Å². The van der Waals surface area contributed by atoms with E-state index in [1.807, 2.05) is 0 Å². The number of carbonyl (C=O) groups excluding carboxylic acids is 1. The fourth-order valence-electron chi connectivity index (χ4n) is 2.13. The Labute approximate surface area is 132 Å². The van der Waals surface area contributed by atoms with Gasteiger partial charge < -0.3 is 11.1 Å². The highest BCUT2D eigenvalue weighted by Gasteiger charge is 2.16. The third-order valence-corrected chi connectivity index (χ3v) is 3.71. The van der Waals surface area contributed by atoms with Gasteiger partial charge >= 0.3 is 0 Å². The topological polar surface area (TPSA) is 98.3 Å². The Balaban J connectivity index is 2.70. The molecule has 1 rings (SSSR count). The second-order valence-electron chi connectivity index (χ2n) is 5.41. The number of hydrogen-bond acceptors (Lipinski definition) is 4. The van der Waals surface area contributed by atoms with Crippen LogP contribution in [-0.4, -0.2) is 17.4 Å². The van der Waals surface area contributed by atoms with Gasteiger partial charge in [-0.1, -0.05) is 13.8 Å². The molecule has 0 fully saturated rings. The van der Waals surface area contributed by atoms with Gasteiger partial charge in [-0.15, -0.1) is 0 Å². The molecule has 1 atom stereocenters. The molecule has 0 unspecified atom stereocenters. The Hall–Kier alpha value is -1.47. The van der Waals surface area contributed by atoms with Gasteiger partial charge in [-0.3, -0.25) is 14.9 Å². The molecular weight excluding hydrogens is 338 g/mol. The smallest absolute Gasteiger partial charge is 0.285 e. The summed E-state index contributed by atoms with van der Waals surface area (Å²) in [5.74, 6) is 0.415. The molecule has 0 saturated heterocycles. The summed E-state index contributed by atoms with van der Waals surface area (Å²) in [6.45, 7) is 4.61. The van der Waals surface area contributed by atoms with Crippen molar-refractivity contribution in [2.75, 3.05) is 11.9 Å². The van der Waals surface area contributed by atoms with Gasteiger partial charge in [0.2, 0.25) is 5.91 Å². The molecule has 1 aromatic rings. The van der Waals surface area contributed by atoms with Crippen molar-refractivity contribution in [3.05, 3.63) is 32.8 Å². The van der Waals surface area contributed by atoms with Crippen LogP contribution in [0.1, 0.15) is 26.7 Å². The quantitative estimate of drug-likeness (QED) is 0.577. The molecule has 7 heteroatoms. The third-order valence-electron chi connectivity index (χ3n) is 3.04. The number of anilines is 1. The van der Waals surface area contributed by atoms with Crippen molar-refractivity contribution in [2.24, 2.45) is 17.6 Å². The number of rotatable bonds is 7. The number of nitro groups is 1. The molecule has 0 spiro atoms. The van der Waals surface area contributed by atoms with Gasteiger partial charge in [0.15, 0.2) is 0 Å². The zero-order chi connectivity index (χ0) is 16.0. The Morgan fingerprint density at radius 1 is 1.48 bits per heavy atom. The van der Waals surface area contributed by atoms with Gasteiger partial charge in [0, 0.05) is 18.2 Å². The van der Waals surface area contributed by atoms with Crippen LogP contribution >= 0.6 is 15.9 Å². The van der Waals surface area contributed by atoms with E-state index in [-0.39, 0.29) is 17.5 Å². The number of benzene rings is 1. The molecule has 0 radical (unpaired) electrons. The van der Waals surface area contributed by atoms with E-state index in [9.17, 15) is 14.9 Å². The molecule has 21 heavy (non-hydrogen) atoms. The maximum atomic E-state index is 12.0. The van der Waals surface area contributed by atoms with Crippen molar-refractivity contribution in [2.45, 2.75) is 26.7 Å². The van der Waals surface area contributed by atoms with Crippen molar-refractivity contribution < 1.29 is 9.72 Å². The van der Waals surface area contributed by atoms with Crippen LogP contribution in [-0.2, 0) is 4.79 Å². The highest BCUT2D eigenvalue weighted by Crippen LogP contribution is 2.28. The molecule has 0 heterocycles. The standard InChI is InChI=1S/C14H20BrN3O3/c1-9(2)5-10(8-16)6-14(19)17-11-3-4-12(15)13(7-11)18(20)21/h3-4,7,9-10H,5-6,8,16H2,1-2H3,(H,17,19)/t10-/m0/s1. The fourth-order valence-corrected chi connectivity index (χ4v) is 2.53. The average Bonchev–Trinajstić information content (AvgIpc) is 2.39. The zero-order valence-corrected chi connectivity index (χ0v) is 13.7. The molecule has 0 aliphatic carbocycles. The van der Waals surface area contributed by atoms with Crippen molar-refractivity contribution in [3.8, 4) is 0 Å². The summed E-state index contributed by atoms with van der Waals surface area (Å²) in [7, 11) is 0. The van der Waals surface area contributed by atoms with Crippen LogP contribution in [0.3, 0.4) is 0 Å². The molecule has 0 saturated carbocycles. The predicted octanol–water partition coefficient (Wildman–Crippen LogP) is 3.31. The van der Waals surface area contributed by atoms with E-state index in [0.29, 0.717) is 29.0 Å². The van der Waals surface area contributed by atoms with Crippen LogP contribution in [0.25, 0.3) is 0 Å². The zero-order valence-electron chi connectivity index (χ0n) is 12.1. The number of halogens is 1. The van der Waals surface area contributed by atoms with E-state index in [4.69, 9.17) is 5.73 Å². The van der Waals surface area contributed by atoms with Gasteiger partial charge in [0.05, 0.1) is 9.40 Å². The Bertz CT molecular complexity index is 520. The Morgan fingerprint density at radius 2 is 2.14 bits per heavy atom. The summed E-state index contributed by atoms with van der Waals surface area (Å²) in [6, 6.07) is 4.50. The summed E-state index contributed by atoms with van der Waals surface area (Å²) in [5, 5.41) is 13.5. The first-order valence-electron chi connectivity index (χ1n) is 6.77. The highest BCUT2D eigenvalue weighted by molar-refractivity contribution is 9.10. The van der Waals surface area contributed by atoms with Crippen molar-refractivity contribution in [3.63, 3.8) is 0 Å². The number of carbonyl (C=O) groups is 1. The second-order valence-corrected chi connectivity index (χ2v) is 6.26. The minimum atomic E-state index is -0.499. The monoisotopic (exact) mass is 357 g/mol. The molecule has 1 amide bonds. The second kappa shape index (κ2) is 8.09. The van der Waals surface area contributed by atoms with E-state index >= 15 is 0 Å². The summed E-state index contributed by atoms with van der Waals surface area (Å²) < 4.78 is 0.380. The van der Waals surface area contributed by atoms with Gasteiger partial charge in [-0.05, 0) is 52.9 Å². The van der Waals surface area contributed by atoms with Crippen LogP contribution in [0.5, 0.6) is 0 Å². The lowest BCUT2D eigenvalue weighted by molar-refractivity contribution is -0.385. The van der Waals surface area contributed by atoms with E-state index < -0.39 is 4.92 Å². The van der Waals surface area contributed by atoms with Crippen molar-refractivity contribution in [1.82, 2.24) is 0 Å². The number of amides is 1. The SMILES string of the molecule is CC(C)C[C@H](CN)CC(=O)Nc1ccc(Br)c([N+](=O)[O-])c1. The average molecular weight is 358 g/mol. The molecule has 0 aliphatic rings. The number of nitrogens with two attached hydrogens (primary N) is 1. The maximum Gasteiger partial charge on any atom is 0.285 e. The third kappa shape index (κ3) is 5.81. The lowest BCUT2D eigenvalue weighted by Gasteiger charge is -2.16. The largest absolute Gasteiger partial charge is 0.330 e. The molecule has 0 aliphatic heterocycles. The molecule has 1 aromatic carbocycles. The highest BCUT2D eigenvalue weighted by atomic mass is 79.9. The number of hydrogen-bond donors (Lipinski definition) is 2. The minimum absolute atomic E-state index is 0.0784. The van der Waals surface area contributed by atoms with Crippen LogP contribution in [0.4, 0.5) is 11.4 Å². The lowest BCUT2D eigenvalue weighted by Crippen LogP contribution is -2.23. The molecular formula is C14H20BrN3O3. The molecule has 3 N–H and O–H groups in total. The van der Waals surface area contributed by atoms with Gasteiger partial charge in [0.25, 0.3) is 5.69 Å². The van der Waals surface area contributed by atoms with Gasteiger partial charge in [0.1, 0.15) is 0 Å². The molecule has 0 bridgehead atoms. The van der Waals surface area contributed by atoms with Crippen molar-refractivity contribution >= 4 is 33.2 Å². The van der Waals surface area contributed by atoms with Crippen LogP contribution in [0, 0.1) is 22.0 Å². The Morgan fingerprint density at radius 3 is 2.67 bits per heavy atom. The van der Waals surface area contributed by atoms with Crippen molar-refractivity contribution in [1.29, 1.82) is 0 Å². The van der Waals surface area contributed by atoms with Gasteiger partial charge in [-0.25, -0.2) is 0 Å². The Kier molecular flexibility index (Phi) is 6.77. The number of nitrogens with zero attached hydrogens (tertiary/aromatic N) is 1. The maximum absolute atomic E-state index is 12.0. The summed E-state index contributed by atoms with van der Waals surface area (Å²) in [4.78, 5) is 22.3. The summed E-state index contributed by atoms with van der Waals surface area (Å²) in [5.41, 5.74) is 6.00. The minimum Gasteiger partial charge on any atom is -0.330 e. The van der Waals surface area contributed by atoms with Crippen LogP contribution < -0.4 is 11.1 Å². The number of nitrogens with one attached hydrogen (secondary N) is 1. The lowest BCUT2D eigenvalue weighted by atomic mass is 9.94. The summed E-state index contributed by atoms with van der Waals surface area (Å²) >= 11 is 3.10. The molecule has 6 nitrogen and oxygen atoms in total. The first-order valence-corrected chi connectivity index (χ1v) is 7.56.